The molecule has 0 bridgehead atoms. The lowest BCUT2D eigenvalue weighted by molar-refractivity contribution is -0.123. The van der Waals surface area contributed by atoms with Crippen molar-refractivity contribution in [3.63, 3.8) is 0 Å². The average molecular weight is 553 g/mol. The van der Waals surface area contributed by atoms with Crippen LogP contribution in [0.4, 0.5) is 15.3 Å². The molecule has 1 aromatic heterocycles. The van der Waals surface area contributed by atoms with Crippen LogP contribution in [-0.2, 0) is 17.8 Å². The molecule has 41 heavy (non-hydrogen) atoms. The van der Waals surface area contributed by atoms with Gasteiger partial charge in [-0.15, -0.1) is 0 Å². The first-order chi connectivity index (χ1) is 19.9. The Morgan fingerprint density at radius 3 is 2.51 bits per heavy atom. The van der Waals surface area contributed by atoms with Crippen molar-refractivity contribution in [3.8, 4) is 16.9 Å². The zero-order valence-corrected chi connectivity index (χ0v) is 22.9. The molecule has 2 heterocycles. The number of ether oxygens (including phenoxy) is 1. The monoisotopic (exact) mass is 552 g/mol. The van der Waals surface area contributed by atoms with Crippen molar-refractivity contribution < 1.29 is 24.2 Å². The van der Waals surface area contributed by atoms with Gasteiger partial charge in [-0.05, 0) is 54.7 Å². The number of amides is 3. The minimum Gasteiger partial charge on any atom is -0.449 e. The molecule has 2 N–H and O–H groups in total. The van der Waals surface area contributed by atoms with Crippen molar-refractivity contribution in [2.75, 3.05) is 4.90 Å². The number of aryl methyl sites for hydroxylation is 1. The fraction of sp³-hybridized carbons (Fsp3) is 0.312. The second kappa shape index (κ2) is 10.7. The summed E-state index contributed by atoms with van der Waals surface area (Å²) >= 11 is 0. The van der Waals surface area contributed by atoms with E-state index in [1.54, 1.807) is 18.2 Å². The normalized spacial score (nSPS) is 16.4. The van der Waals surface area contributed by atoms with Gasteiger partial charge < -0.3 is 19.7 Å². The van der Waals surface area contributed by atoms with E-state index in [9.17, 15) is 14.4 Å². The van der Waals surface area contributed by atoms with Crippen LogP contribution in [0.5, 0.6) is 5.75 Å². The number of para-hydroxylation sites is 1. The van der Waals surface area contributed by atoms with Gasteiger partial charge in [0.25, 0.3) is 5.91 Å². The SMILES string of the molecule is CCCc1nc2ccc(N3C(=O)NC4(CCCCC4)C3=O)cc2n1Cc1ccc(-c2ccccc2OC(=O)O)cc1. The molecule has 1 saturated heterocycles. The number of urea groups is 1. The molecule has 1 spiro atoms. The number of anilines is 1. The molecule has 1 aliphatic carbocycles. The van der Waals surface area contributed by atoms with Gasteiger partial charge in [0.2, 0.25) is 0 Å². The van der Waals surface area contributed by atoms with Crippen LogP contribution >= 0.6 is 0 Å². The third kappa shape index (κ3) is 4.92. The minimum absolute atomic E-state index is 0.163. The number of rotatable bonds is 7. The molecule has 2 fully saturated rings. The van der Waals surface area contributed by atoms with Crippen molar-refractivity contribution in [3.05, 3.63) is 78.1 Å². The Labute approximate surface area is 237 Å². The van der Waals surface area contributed by atoms with Gasteiger partial charge in [-0.25, -0.2) is 19.5 Å². The Bertz CT molecular complexity index is 1640. The summed E-state index contributed by atoms with van der Waals surface area (Å²) < 4.78 is 7.11. The molecule has 1 aliphatic heterocycles. The quantitative estimate of drug-likeness (QED) is 0.153. The lowest BCUT2D eigenvalue weighted by atomic mass is 9.82. The van der Waals surface area contributed by atoms with E-state index in [0.29, 0.717) is 30.6 Å². The van der Waals surface area contributed by atoms with E-state index in [4.69, 9.17) is 14.8 Å². The molecule has 2 aliphatic rings. The third-order valence-electron chi connectivity index (χ3n) is 8.10. The number of hydrogen-bond acceptors (Lipinski definition) is 5. The van der Waals surface area contributed by atoms with E-state index < -0.39 is 11.7 Å². The smallest absolute Gasteiger partial charge is 0.449 e. The molecule has 3 aromatic carbocycles. The second-order valence-corrected chi connectivity index (χ2v) is 10.8. The molecule has 9 nitrogen and oxygen atoms in total. The Kier molecular flexibility index (Phi) is 6.95. The third-order valence-corrected chi connectivity index (χ3v) is 8.10. The summed E-state index contributed by atoms with van der Waals surface area (Å²) in [7, 11) is 0. The first-order valence-corrected chi connectivity index (χ1v) is 14.1. The van der Waals surface area contributed by atoms with Crippen LogP contribution in [0.25, 0.3) is 22.2 Å². The highest BCUT2D eigenvalue weighted by atomic mass is 16.7. The summed E-state index contributed by atoms with van der Waals surface area (Å²) in [6, 6.07) is 20.1. The highest BCUT2D eigenvalue weighted by molar-refractivity contribution is 6.23. The van der Waals surface area contributed by atoms with E-state index >= 15 is 0 Å². The molecule has 0 unspecified atom stereocenters. The Morgan fingerprint density at radius 2 is 1.78 bits per heavy atom. The van der Waals surface area contributed by atoms with Gasteiger partial charge in [0.15, 0.2) is 0 Å². The lowest BCUT2D eigenvalue weighted by Gasteiger charge is -2.30. The fourth-order valence-electron chi connectivity index (χ4n) is 6.10. The summed E-state index contributed by atoms with van der Waals surface area (Å²) in [5, 5.41) is 12.1. The first-order valence-electron chi connectivity index (χ1n) is 14.1. The van der Waals surface area contributed by atoms with Crippen LogP contribution in [0.2, 0.25) is 0 Å². The Hall–Kier alpha value is -4.66. The molecular weight excluding hydrogens is 520 g/mol. The van der Waals surface area contributed by atoms with Crippen LogP contribution in [0.3, 0.4) is 0 Å². The molecule has 3 amide bonds. The highest BCUT2D eigenvalue weighted by Crippen LogP contribution is 2.37. The number of benzene rings is 3. The van der Waals surface area contributed by atoms with Crippen molar-refractivity contribution in [2.24, 2.45) is 0 Å². The van der Waals surface area contributed by atoms with Crippen molar-refractivity contribution in [1.29, 1.82) is 0 Å². The zero-order valence-electron chi connectivity index (χ0n) is 22.9. The van der Waals surface area contributed by atoms with Crippen LogP contribution in [-0.4, -0.2) is 38.3 Å². The molecule has 4 aromatic rings. The van der Waals surface area contributed by atoms with Crippen LogP contribution < -0.4 is 15.0 Å². The largest absolute Gasteiger partial charge is 0.511 e. The minimum atomic E-state index is -1.36. The highest BCUT2D eigenvalue weighted by Gasteiger charge is 2.51. The summed E-state index contributed by atoms with van der Waals surface area (Å²) in [4.78, 5) is 43.9. The summed E-state index contributed by atoms with van der Waals surface area (Å²) in [6.45, 7) is 2.66. The number of imidazole rings is 1. The number of hydrogen-bond donors (Lipinski definition) is 2. The Morgan fingerprint density at radius 1 is 1.02 bits per heavy atom. The first kappa shape index (κ1) is 26.6. The van der Waals surface area contributed by atoms with Crippen LogP contribution in [0, 0.1) is 0 Å². The lowest BCUT2D eigenvalue weighted by Crippen LogP contribution is -2.48. The molecular formula is C32H32N4O5. The molecule has 9 heteroatoms. The van der Waals surface area contributed by atoms with Gasteiger partial charge in [0, 0.05) is 18.5 Å². The molecule has 0 atom stereocenters. The Balaban J connectivity index is 1.32. The molecule has 6 rings (SSSR count). The number of nitrogens with one attached hydrogen (secondary N) is 1. The van der Waals surface area contributed by atoms with Crippen molar-refractivity contribution in [1.82, 2.24) is 14.9 Å². The summed E-state index contributed by atoms with van der Waals surface area (Å²) in [5.41, 5.74) is 4.00. The van der Waals surface area contributed by atoms with Crippen LogP contribution in [0.15, 0.2) is 66.7 Å². The van der Waals surface area contributed by atoms with Crippen molar-refractivity contribution in [2.45, 2.75) is 64.0 Å². The van der Waals surface area contributed by atoms with Gasteiger partial charge >= 0.3 is 12.2 Å². The van der Waals surface area contributed by atoms with Crippen LogP contribution in [0.1, 0.15) is 56.8 Å². The number of nitrogens with zero attached hydrogens (tertiary/aromatic N) is 3. The molecule has 0 radical (unpaired) electrons. The van der Waals surface area contributed by atoms with Gasteiger partial charge in [-0.2, -0.15) is 0 Å². The van der Waals surface area contributed by atoms with E-state index in [1.165, 1.54) is 4.90 Å². The van der Waals surface area contributed by atoms with Gasteiger partial charge in [0.1, 0.15) is 17.1 Å². The van der Waals surface area contributed by atoms with E-state index in [1.807, 2.05) is 48.5 Å². The van der Waals surface area contributed by atoms with Gasteiger partial charge in [-0.3, -0.25) is 4.79 Å². The summed E-state index contributed by atoms with van der Waals surface area (Å²) in [6.07, 6.45) is 4.66. The maximum Gasteiger partial charge on any atom is 0.511 e. The number of carbonyl (C=O) groups excluding carboxylic acids is 2. The second-order valence-electron chi connectivity index (χ2n) is 10.8. The predicted molar refractivity (Wildman–Crippen MR) is 155 cm³/mol. The van der Waals surface area contributed by atoms with E-state index in [-0.39, 0.29) is 17.7 Å². The van der Waals surface area contributed by atoms with Gasteiger partial charge in [-0.1, -0.05) is 68.7 Å². The molecule has 210 valence electrons. The maximum atomic E-state index is 13.5. The predicted octanol–water partition coefficient (Wildman–Crippen LogP) is 6.52. The number of carbonyl (C=O) groups is 3. The number of fused-ring (bicyclic) bond motifs is 1. The maximum absolute atomic E-state index is 13.5. The fourth-order valence-corrected chi connectivity index (χ4v) is 6.10. The number of aromatic nitrogens is 2. The molecule has 1 saturated carbocycles. The van der Waals surface area contributed by atoms with Crippen molar-refractivity contribution >= 4 is 34.8 Å². The van der Waals surface area contributed by atoms with E-state index in [2.05, 4.69) is 16.8 Å². The number of carboxylic acid groups (broad SMARTS) is 1. The zero-order chi connectivity index (χ0) is 28.6. The standard InChI is InChI=1S/C32H32N4O5/c1-2-8-28-33-25-16-15-23(36-29(37)32(34-30(36)38)17-6-3-7-18-32)19-26(25)35(28)20-21-11-13-22(14-12-21)24-9-4-5-10-27(24)41-31(39)40/h4-5,9-16,19H,2-3,6-8,17-18,20H2,1H3,(H,34,38)(H,39,40). The van der Waals surface area contributed by atoms with Gasteiger partial charge in [0.05, 0.1) is 16.7 Å². The summed E-state index contributed by atoms with van der Waals surface area (Å²) in [5.74, 6) is 1.05. The van der Waals surface area contributed by atoms with E-state index in [0.717, 1.165) is 60.1 Å². The number of imide groups is 1. The average Bonchev–Trinajstić information content (AvgIpc) is 3.42. The topological polar surface area (TPSA) is 114 Å².